The van der Waals surface area contributed by atoms with Crippen molar-refractivity contribution in [2.75, 3.05) is 12.9 Å². The van der Waals surface area contributed by atoms with Gasteiger partial charge in [-0.2, -0.15) is 0 Å². The predicted octanol–water partition coefficient (Wildman–Crippen LogP) is 3.00. The minimum atomic E-state index is -0.932. The molecule has 0 saturated carbocycles. The molecule has 0 bridgehead atoms. The lowest BCUT2D eigenvalue weighted by atomic mass is 10.2. The maximum Gasteiger partial charge on any atom is 0.358 e. The molecule has 0 aliphatic heterocycles. The van der Waals surface area contributed by atoms with Crippen molar-refractivity contribution in [2.24, 2.45) is 0 Å². The highest BCUT2D eigenvalue weighted by molar-refractivity contribution is 7.99. The Kier molecular flexibility index (Phi) is 4.79. The van der Waals surface area contributed by atoms with E-state index in [1.54, 1.807) is 37.4 Å². The molecule has 1 aromatic carbocycles. The Morgan fingerprint density at radius 3 is 2.90 bits per heavy atom. The second-order valence-corrected chi connectivity index (χ2v) is 4.81. The molecule has 0 N–H and O–H groups in total. The van der Waals surface area contributed by atoms with Crippen molar-refractivity contribution in [3.05, 3.63) is 36.1 Å². The van der Waals surface area contributed by atoms with Crippen LogP contribution >= 0.6 is 11.8 Å². The number of fused-ring (bicyclic) bond motifs is 1. The lowest BCUT2D eigenvalue weighted by Gasteiger charge is -2.15. The summed E-state index contributed by atoms with van der Waals surface area (Å²) in [6.45, 7) is 1.94. The molecule has 0 aliphatic carbocycles. The predicted molar refractivity (Wildman–Crippen MR) is 76.3 cm³/mol. The molecule has 6 heteroatoms. The maximum absolute atomic E-state index is 13.9. The van der Waals surface area contributed by atoms with Crippen LogP contribution in [-0.4, -0.2) is 29.3 Å². The molecule has 1 heterocycles. The first kappa shape index (κ1) is 14.6. The van der Waals surface area contributed by atoms with Gasteiger partial charge in [-0.25, -0.2) is 14.2 Å². The van der Waals surface area contributed by atoms with Gasteiger partial charge in [0.2, 0.25) is 5.44 Å². The van der Waals surface area contributed by atoms with Crippen LogP contribution in [0.25, 0.3) is 10.9 Å². The van der Waals surface area contributed by atoms with Gasteiger partial charge in [0.1, 0.15) is 0 Å². The van der Waals surface area contributed by atoms with Gasteiger partial charge in [-0.15, -0.1) is 11.8 Å². The zero-order valence-electron chi connectivity index (χ0n) is 11.1. The molecule has 0 spiro atoms. The third-order valence-corrected chi connectivity index (χ3v) is 3.27. The summed E-state index contributed by atoms with van der Waals surface area (Å²) >= 11 is 1.12. The number of pyridine rings is 1. The van der Waals surface area contributed by atoms with E-state index in [0.29, 0.717) is 10.9 Å². The van der Waals surface area contributed by atoms with Gasteiger partial charge in [0.15, 0.2) is 5.82 Å². The maximum atomic E-state index is 13.9. The van der Waals surface area contributed by atoms with Crippen LogP contribution in [0.4, 0.5) is 4.39 Å². The van der Waals surface area contributed by atoms with Crippen LogP contribution in [0.15, 0.2) is 30.3 Å². The first-order valence-corrected chi connectivity index (χ1v) is 7.36. The highest BCUT2D eigenvalue weighted by atomic mass is 32.2. The monoisotopic (exact) mass is 295 g/mol. The number of ether oxygens (including phenoxy) is 2. The number of carbonyl (C=O) groups excluding carboxylic acids is 1. The molecule has 20 heavy (non-hydrogen) atoms. The molecular formula is C14H14FNO3S. The van der Waals surface area contributed by atoms with E-state index in [1.165, 1.54) is 6.07 Å². The average molecular weight is 295 g/mol. The Morgan fingerprint density at radius 2 is 2.20 bits per heavy atom. The molecule has 106 valence electrons. The number of para-hydroxylation sites is 1. The van der Waals surface area contributed by atoms with Crippen LogP contribution in [0.2, 0.25) is 0 Å². The van der Waals surface area contributed by atoms with Gasteiger partial charge < -0.3 is 9.47 Å². The van der Waals surface area contributed by atoms with Gasteiger partial charge in [-0.3, -0.25) is 0 Å². The second-order valence-electron chi connectivity index (χ2n) is 3.91. The fourth-order valence-electron chi connectivity index (χ4n) is 1.66. The third kappa shape index (κ3) is 3.19. The lowest BCUT2D eigenvalue weighted by molar-refractivity contribution is -0.147. The lowest BCUT2D eigenvalue weighted by Crippen LogP contribution is -2.26. The van der Waals surface area contributed by atoms with Crippen molar-refractivity contribution in [2.45, 2.75) is 12.4 Å². The summed E-state index contributed by atoms with van der Waals surface area (Å²) in [5, 5.41) is 0.675. The van der Waals surface area contributed by atoms with Gasteiger partial charge in [0.25, 0.3) is 5.88 Å². The molecule has 0 saturated heterocycles. The number of thioether (sulfide) groups is 1. The van der Waals surface area contributed by atoms with Crippen molar-refractivity contribution < 1.29 is 18.7 Å². The normalized spacial score (nSPS) is 12.2. The van der Waals surface area contributed by atoms with Crippen molar-refractivity contribution in [1.29, 1.82) is 0 Å². The second kappa shape index (κ2) is 6.56. The van der Waals surface area contributed by atoms with Gasteiger partial charge in [0, 0.05) is 5.39 Å². The van der Waals surface area contributed by atoms with Gasteiger partial charge in [-0.05, 0) is 25.3 Å². The molecule has 4 nitrogen and oxygen atoms in total. The SMILES string of the molecule is CCOC(=O)C(Oc1nc2ccccc2cc1F)SC. The molecule has 0 fully saturated rings. The minimum absolute atomic E-state index is 0.198. The molecule has 0 amide bonds. The fourth-order valence-corrected chi connectivity index (χ4v) is 2.11. The number of esters is 1. The summed E-state index contributed by atoms with van der Waals surface area (Å²) in [5.41, 5.74) is -0.328. The van der Waals surface area contributed by atoms with E-state index < -0.39 is 17.2 Å². The van der Waals surface area contributed by atoms with Crippen molar-refractivity contribution in [3.8, 4) is 5.88 Å². The number of hydrogen-bond acceptors (Lipinski definition) is 5. The van der Waals surface area contributed by atoms with E-state index in [9.17, 15) is 9.18 Å². The zero-order chi connectivity index (χ0) is 14.5. The van der Waals surface area contributed by atoms with Crippen LogP contribution in [0, 0.1) is 5.82 Å². The summed E-state index contributed by atoms with van der Waals surface area (Å²) < 4.78 is 24.1. The van der Waals surface area contributed by atoms with E-state index in [0.717, 1.165) is 11.8 Å². The highest BCUT2D eigenvalue weighted by Crippen LogP contribution is 2.23. The first-order chi connectivity index (χ1) is 9.65. The summed E-state index contributed by atoms with van der Waals surface area (Å²) in [6.07, 6.45) is 1.68. The number of halogens is 1. The molecule has 1 unspecified atom stereocenters. The largest absolute Gasteiger partial charge is 0.463 e. The number of rotatable bonds is 5. The Hall–Kier alpha value is -1.82. The van der Waals surface area contributed by atoms with Crippen molar-refractivity contribution >= 4 is 28.6 Å². The van der Waals surface area contributed by atoms with E-state index in [-0.39, 0.29) is 12.5 Å². The number of hydrogen-bond donors (Lipinski definition) is 0. The number of aromatic nitrogens is 1. The van der Waals surface area contributed by atoms with Crippen LogP contribution in [-0.2, 0) is 9.53 Å². The summed E-state index contributed by atoms with van der Waals surface area (Å²) in [7, 11) is 0. The molecule has 0 radical (unpaired) electrons. The topological polar surface area (TPSA) is 48.4 Å². The minimum Gasteiger partial charge on any atom is -0.463 e. The Balaban J connectivity index is 2.27. The van der Waals surface area contributed by atoms with Crippen LogP contribution in [0.1, 0.15) is 6.92 Å². The molecule has 1 aromatic heterocycles. The van der Waals surface area contributed by atoms with Crippen molar-refractivity contribution in [3.63, 3.8) is 0 Å². The first-order valence-electron chi connectivity index (χ1n) is 6.07. The molecule has 1 atom stereocenters. The Labute approximate surface area is 120 Å². The van der Waals surface area contributed by atoms with E-state index in [4.69, 9.17) is 9.47 Å². The molecule has 2 aromatic rings. The number of benzene rings is 1. The van der Waals surface area contributed by atoms with Gasteiger partial charge in [-0.1, -0.05) is 18.2 Å². The molecular weight excluding hydrogens is 281 g/mol. The van der Waals surface area contributed by atoms with E-state index in [2.05, 4.69) is 4.98 Å². The summed E-state index contributed by atoms with van der Waals surface area (Å²) in [6, 6.07) is 8.44. The van der Waals surface area contributed by atoms with Gasteiger partial charge >= 0.3 is 5.97 Å². The number of nitrogens with zero attached hydrogens (tertiary/aromatic N) is 1. The van der Waals surface area contributed by atoms with E-state index in [1.807, 2.05) is 0 Å². The standard InChI is InChI=1S/C14H14FNO3S/c1-3-18-13(17)14(20-2)19-12-10(15)8-9-6-4-5-7-11(9)16-12/h4-8,14H,3H2,1-2H3. The fraction of sp³-hybridized carbons (Fsp3) is 0.286. The number of carbonyl (C=O) groups is 1. The van der Waals surface area contributed by atoms with Crippen LogP contribution in [0.3, 0.4) is 0 Å². The smallest absolute Gasteiger partial charge is 0.358 e. The molecule has 0 aliphatic rings. The third-order valence-electron chi connectivity index (χ3n) is 2.56. The summed E-state index contributed by atoms with van der Waals surface area (Å²) in [5.74, 6) is -1.35. The van der Waals surface area contributed by atoms with Crippen LogP contribution in [0.5, 0.6) is 5.88 Å². The Bertz CT molecular complexity index is 620. The Morgan fingerprint density at radius 1 is 1.45 bits per heavy atom. The average Bonchev–Trinajstić information content (AvgIpc) is 2.45. The summed E-state index contributed by atoms with van der Waals surface area (Å²) in [4.78, 5) is 15.7. The molecule has 2 rings (SSSR count). The zero-order valence-corrected chi connectivity index (χ0v) is 11.9. The van der Waals surface area contributed by atoms with Crippen LogP contribution < -0.4 is 4.74 Å². The quantitative estimate of drug-likeness (QED) is 0.627. The highest BCUT2D eigenvalue weighted by Gasteiger charge is 2.23. The van der Waals surface area contributed by atoms with Gasteiger partial charge in [0.05, 0.1) is 12.1 Å². The van der Waals surface area contributed by atoms with Crippen molar-refractivity contribution in [1.82, 2.24) is 4.98 Å². The van der Waals surface area contributed by atoms with E-state index >= 15 is 0 Å².